The van der Waals surface area contributed by atoms with E-state index in [1.807, 2.05) is 0 Å². The summed E-state index contributed by atoms with van der Waals surface area (Å²) < 4.78 is 5.25. The zero-order valence-electron chi connectivity index (χ0n) is 17.3. The zero-order valence-corrected chi connectivity index (χ0v) is 18.1. The summed E-state index contributed by atoms with van der Waals surface area (Å²) in [5.41, 5.74) is 1.88. The fourth-order valence-corrected chi connectivity index (χ4v) is 3.57. The number of nitrogens with zero attached hydrogens (tertiary/aromatic N) is 2. The van der Waals surface area contributed by atoms with Crippen molar-refractivity contribution in [2.45, 2.75) is 6.42 Å². The van der Waals surface area contributed by atoms with E-state index in [4.69, 9.17) is 21.6 Å². The van der Waals surface area contributed by atoms with Crippen LogP contribution in [0.3, 0.4) is 0 Å². The highest BCUT2D eigenvalue weighted by Gasteiger charge is 2.32. The van der Waals surface area contributed by atoms with E-state index in [0.717, 1.165) is 26.1 Å². The lowest BCUT2D eigenvalue weighted by molar-refractivity contribution is -0.116. The average Bonchev–Trinajstić information content (AvgIpc) is 2.76. The third-order valence-corrected chi connectivity index (χ3v) is 5.43. The molecule has 1 aliphatic heterocycles. The summed E-state index contributed by atoms with van der Waals surface area (Å²) in [5.74, 6) is 0.576. The number of nitriles is 1. The van der Waals surface area contributed by atoms with Crippen molar-refractivity contribution < 1.29 is 14.3 Å². The maximum Gasteiger partial charge on any atom is 0.244 e. The number of halogens is 1. The molecule has 160 valence electrons. The lowest BCUT2D eigenvalue weighted by atomic mass is 9.90. The smallest absolute Gasteiger partial charge is 0.244 e. The van der Waals surface area contributed by atoms with Crippen molar-refractivity contribution in [1.82, 2.24) is 10.2 Å². The lowest BCUT2D eigenvalue weighted by Crippen LogP contribution is -2.50. The topological polar surface area (TPSA) is 82.4 Å². The van der Waals surface area contributed by atoms with E-state index < -0.39 is 0 Å². The van der Waals surface area contributed by atoms with Gasteiger partial charge in [-0.2, -0.15) is 5.26 Å². The minimum Gasteiger partial charge on any atom is -0.496 e. The molecule has 2 aromatic carbocycles. The van der Waals surface area contributed by atoms with Gasteiger partial charge < -0.3 is 15.0 Å². The Labute approximate surface area is 187 Å². The molecule has 0 aliphatic carbocycles. The largest absolute Gasteiger partial charge is 0.496 e. The monoisotopic (exact) mass is 437 g/mol. The quantitative estimate of drug-likeness (QED) is 0.368. The van der Waals surface area contributed by atoms with Crippen LogP contribution >= 0.6 is 11.6 Å². The van der Waals surface area contributed by atoms with Crippen LogP contribution in [0.2, 0.25) is 5.02 Å². The summed E-state index contributed by atoms with van der Waals surface area (Å²) in [6, 6.07) is 14.1. The Hall–Kier alpha value is -3.14. The molecule has 2 aromatic rings. The van der Waals surface area contributed by atoms with Gasteiger partial charge in [0.25, 0.3) is 0 Å². The number of ether oxygens (including phenoxy) is 1. The van der Waals surface area contributed by atoms with Gasteiger partial charge in [-0.3, -0.25) is 9.59 Å². The number of likely N-dealkylation sites (tertiary alicyclic amines) is 1. The van der Waals surface area contributed by atoms with Crippen LogP contribution in [0.15, 0.2) is 48.5 Å². The number of amides is 1. The van der Waals surface area contributed by atoms with Crippen molar-refractivity contribution in [3.05, 3.63) is 70.3 Å². The number of carbonyl (C=O) groups is 2. The lowest BCUT2D eigenvalue weighted by Gasteiger charge is -2.38. The van der Waals surface area contributed by atoms with Gasteiger partial charge in [0.15, 0.2) is 5.78 Å². The van der Waals surface area contributed by atoms with Crippen LogP contribution in [0.25, 0.3) is 6.08 Å². The number of hydrogen-bond donors (Lipinski definition) is 1. The van der Waals surface area contributed by atoms with Crippen molar-refractivity contribution in [1.29, 1.82) is 5.26 Å². The second kappa shape index (κ2) is 10.8. The first-order chi connectivity index (χ1) is 15.0. The van der Waals surface area contributed by atoms with Gasteiger partial charge in [-0.05, 0) is 61.5 Å². The zero-order chi connectivity index (χ0) is 22.2. The Morgan fingerprint density at radius 1 is 1.26 bits per heavy atom. The van der Waals surface area contributed by atoms with Crippen LogP contribution in [0, 0.1) is 17.2 Å². The molecule has 1 heterocycles. The second-order valence-corrected chi connectivity index (χ2v) is 7.81. The maximum atomic E-state index is 12.4. The van der Waals surface area contributed by atoms with Crippen LogP contribution < -0.4 is 10.1 Å². The normalized spacial score (nSPS) is 14.1. The van der Waals surface area contributed by atoms with Gasteiger partial charge in [0, 0.05) is 47.8 Å². The first kappa shape index (κ1) is 22.5. The van der Waals surface area contributed by atoms with Crippen molar-refractivity contribution >= 4 is 29.4 Å². The summed E-state index contributed by atoms with van der Waals surface area (Å²) in [6.07, 6.45) is 3.87. The van der Waals surface area contributed by atoms with E-state index in [-0.39, 0.29) is 17.6 Å². The molecule has 0 spiro atoms. The third kappa shape index (κ3) is 6.17. The second-order valence-electron chi connectivity index (χ2n) is 7.37. The van der Waals surface area contributed by atoms with Gasteiger partial charge in [0.05, 0.1) is 18.7 Å². The van der Waals surface area contributed by atoms with Gasteiger partial charge in [0.1, 0.15) is 5.75 Å². The number of ketones is 1. The maximum absolute atomic E-state index is 12.4. The van der Waals surface area contributed by atoms with Crippen molar-refractivity contribution in [2.24, 2.45) is 5.92 Å². The van der Waals surface area contributed by atoms with Crippen molar-refractivity contribution in [2.75, 3.05) is 33.3 Å². The van der Waals surface area contributed by atoms with E-state index in [1.54, 1.807) is 55.7 Å². The first-order valence-corrected chi connectivity index (χ1v) is 10.4. The molecule has 0 aromatic heterocycles. The minimum atomic E-state index is -0.205. The Balaban J connectivity index is 1.36. The standard InChI is InChI=1S/C24H24ClN3O3/c1-31-22-9-3-17(14-26)13-19(22)6-10-23(29)27-11-2-12-28-15-20(16-28)24(30)18-4-7-21(25)8-5-18/h3-10,13,20H,2,11-12,15-16H2,1H3,(H,27,29)/b10-6+. The van der Waals surface area contributed by atoms with Crippen LogP contribution in [0.5, 0.6) is 5.75 Å². The Kier molecular flexibility index (Phi) is 7.82. The first-order valence-electron chi connectivity index (χ1n) is 10.1. The minimum absolute atomic E-state index is 0.0258. The molecule has 0 bridgehead atoms. The number of nitrogens with one attached hydrogen (secondary N) is 1. The predicted molar refractivity (Wildman–Crippen MR) is 120 cm³/mol. The van der Waals surface area contributed by atoms with Crippen molar-refractivity contribution in [3.8, 4) is 11.8 Å². The summed E-state index contributed by atoms with van der Waals surface area (Å²) >= 11 is 5.87. The van der Waals surface area contributed by atoms with E-state index in [0.29, 0.717) is 34.0 Å². The van der Waals surface area contributed by atoms with Gasteiger partial charge in [-0.1, -0.05) is 11.6 Å². The summed E-state index contributed by atoms with van der Waals surface area (Å²) in [4.78, 5) is 26.7. The molecule has 6 nitrogen and oxygen atoms in total. The average molecular weight is 438 g/mol. The molecule has 0 unspecified atom stereocenters. The number of hydrogen-bond acceptors (Lipinski definition) is 5. The van der Waals surface area contributed by atoms with Gasteiger partial charge >= 0.3 is 0 Å². The number of carbonyl (C=O) groups excluding carboxylic acids is 2. The highest BCUT2D eigenvalue weighted by molar-refractivity contribution is 6.30. The molecule has 1 N–H and O–H groups in total. The number of benzene rings is 2. The molecule has 31 heavy (non-hydrogen) atoms. The van der Waals surface area contributed by atoms with Crippen LogP contribution in [0.4, 0.5) is 0 Å². The number of Topliss-reactive ketones (excluding diaryl/α,β-unsaturated/α-hetero) is 1. The Morgan fingerprint density at radius 2 is 2.00 bits per heavy atom. The van der Waals surface area contributed by atoms with Crippen LogP contribution in [0.1, 0.15) is 27.9 Å². The Morgan fingerprint density at radius 3 is 2.68 bits per heavy atom. The van der Waals surface area contributed by atoms with Crippen molar-refractivity contribution in [3.63, 3.8) is 0 Å². The van der Waals surface area contributed by atoms with Crippen LogP contribution in [-0.4, -0.2) is 49.9 Å². The van der Waals surface area contributed by atoms with Gasteiger partial charge in [0.2, 0.25) is 5.91 Å². The molecular weight excluding hydrogens is 414 g/mol. The fraction of sp³-hybridized carbons (Fsp3) is 0.292. The molecule has 0 atom stereocenters. The van der Waals surface area contributed by atoms with E-state index >= 15 is 0 Å². The SMILES string of the molecule is COc1ccc(C#N)cc1/C=C/C(=O)NCCCN1CC(C(=O)c2ccc(Cl)cc2)C1. The third-order valence-electron chi connectivity index (χ3n) is 5.18. The summed E-state index contributed by atoms with van der Waals surface area (Å²) in [6.45, 7) is 2.85. The predicted octanol–water partition coefficient (Wildman–Crippen LogP) is 3.55. The molecular formula is C24H24ClN3O3. The van der Waals surface area contributed by atoms with Gasteiger partial charge in [-0.15, -0.1) is 0 Å². The van der Waals surface area contributed by atoms with E-state index in [9.17, 15) is 9.59 Å². The molecule has 1 amide bonds. The van der Waals surface area contributed by atoms with E-state index in [1.165, 1.54) is 6.08 Å². The molecule has 1 saturated heterocycles. The number of methoxy groups -OCH3 is 1. The fourth-order valence-electron chi connectivity index (χ4n) is 3.44. The molecule has 0 saturated carbocycles. The van der Waals surface area contributed by atoms with Gasteiger partial charge in [-0.25, -0.2) is 0 Å². The summed E-state index contributed by atoms with van der Waals surface area (Å²) in [7, 11) is 1.54. The molecule has 1 fully saturated rings. The molecule has 3 rings (SSSR count). The Bertz CT molecular complexity index is 1010. The molecule has 1 aliphatic rings. The highest BCUT2D eigenvalue weighted by atomic mass is 35.5. The van der Waals surface area contributed by atoms with Crippen LogP contribution in [-0.2, 0) is 4.79 Å². The molecule has 7 heteroatoms. The summed E-state index contributed by atoms with van der Waals surface area (Å²) in [5, 5.41) is 12.5. The number of rotatable bonds is 9. The molecule has 0 radical (unpaired) electrons. The van der Waals surface area contributed by atoms with E-state index in [2.05, 4.69) is 16.3 Å². The highest BCUT2D eigenvalue weighted by Crippen LogP contribution is 2.22.